The van der Waals surface area contributed by atoms with E-state index in [0.29, 0.717) is 10.7 Å². The first-order valence-corrected chi connectivity index (χ1v) is 4.86. The van der Waals surface area contributed by atoms with Crippen molar-refractivity contribution in [3.63, 3.8) is 0 Å². The molecule has 8 heteroatoms. The molecule has 0 amide bonds. The number of carboxylic acids is 1. The van der Waals surface area contributed by atoms with Crippen molar-refractivity contribution in [2.75, 3.05) is 11.9 Å². The van der Waals surface area contributed by atoms with Gasteiger partial charge in [-0.2, -0.15) is 4.37 Å². The Morgan fingerprint density at radius 2 is 2.40 bits per heavy atom. The fraction of sp³-hybridized carbons (Fsp3) is 0.429. The summed E-state index contributed by atoms with van der Waals surface area (Å²) < 4.78 is 3.83. The van der Waals surface area contributed by atoms with Crippen LogP contribution in [0.5, 0.6) is 0 Å². The molecule has 0 aromatic carbocycles. The van der Waals surface area contributed by atoms with Crippen LogP contribution in [-0.2, 0) is 4.79 Å². The van der Waals surface area contributed by atoms with Crippen molar-refractivity contribution >= 4 is 28.2 Å². The van der Waals surface area contributed by atoms with Crippen LogP contribution in [0.1, 0.15) is 12.1 Å². The number of carboxylic acid groups (broad SMARTS) is 1. The van der Waals surface area contributed by atoms with Gasteiger partial charge in [-0.25, -0.2) is 0 Å². The summed E-state index contributed by atoms with van der Waals surface area (Å²) >= 11 is 0.960. The zero-order valence-electron chi connectivity index (χ0n) is 7.89. The third-order valence-electron chi connectivity index (χ3n) is 1.64. The standard InChI is InChI=1S/C7H9N3O4S/c1-4-6(10(13)14)7(15-9-4)8-3-2-5(11)12/h8H,2-3H2,1H3,(H,11,12). The van der Waals surface area contributed by atoms with E-state index in [-0.39, 0.29) is 18.7 Å². The van der Waals surface area contributed by atoms with Crippen molar-refractivity contribution < 1.29 is 14.8 Å². The van der Waals surface area contributed by atoms with Crippen LogP contribution >= 0.6 is 11.5 Å². The monoisotopic (exact) mass is 231 g/mol. The second-order valence-corrected chi connectivity index (χ2v) is 3.55. The fourth-order valence-corrected chi connectivity index (χ4v) is 1.77. The largest absolute Gasteiger partial charge is 0.481 e. The van der Waals surface area contributed by atoms with Crippen molar-refractivity contribution in [2.24, 2.45) is 0 Å². The van der Waals surface area contributed by atoms with Gasteiger partial charge in [-0.3, -0.25) is 14.9 Å². The van der Waals surface area contributed by atoms with E-state index >= 15 is 0 Å². The summed E-state index contributed by atoms with van der Waals surface area (Å²) in [5, 5.41) is 22.0. The first-order chi connectivity index (χ1) is 7.02. The Labute approximate surface area is 89.1 Å². The highest BCUT2D eigenvalue weighted by Crippen LogP contribution is 2.31. The molecule has 0 aliphatic rings. The van der Waals surface area contributed by atoms with Gasteiger partial charge in [-0.05, 0) is 18.5 Å². The quantitative estimate of drug-likeness (QED) is 0.583. The zero-order chi connectivity index (χ0) is 11.4. The van der Waals surface area contributed by atoms with E-state index in [1.54, 1.807) is 0 Å². The Morgan fingerprint density at radius 3 is 2.93 bits per heavy atom. The van der Waals surface area contributed by atoms with Gasteiger partial charge in [0, 0.05) is 6.54 Å². The minimum Gasteiger partial charge on any atom is -0.481 e. The average molecular weight is 231 g/mol. The Hall–Kier alpha value is -1.70. The summed E-state index contributed by atoms with van der Waals surface area (Å²) in [6.45, 7) is 1.69. The summed E-state index contributed by atoms with van der Waals surface area (Å²) in [6.07, 6.45) is -0.0892. The Balaban J connectivity index is 2.69. The SMILES string of the molecule is Cc1nsc(NCCC(=O)O)c1[N+](=O)[O-]. The molecule has 0 atom stereocenters. The van der Waals surface area contributed by atoms with Crippen LogP contribution in [0, 0.1) is 17.0 Å². The Bertz CT molecular complexity index is 390. The van der Waals surface area contributed by atoms with E-state index in [2.05, 4.69) is 9.69 Å². The number of nitro groups is 1. The maximum absolute atomic E-state index is 10.6. The number of nitrogens with one attached hydrogen (secondary N) is 1. The minimum absolute atomic E-state index is 0.0783. The number of aliphatic carboxylic acids is 1. The highest BCUT2D eigenvalue weighted by atomic mass is 32.1. The van der Waals surface area contributed by atoms with Crippen LogP contribution in [0.2, 0.25) is 0 Å². The van der Waals surface area contributed by atoms with Crippen LogP contribution in [0.4, 0.5) is 10.7 Å². The summed E-state index contributed by atoms with van der Waals surface area (Å²) in [5.41, 5.74) is 0.258. The molecule has 0 aliphatic heterocycles. The maximum Gasteiger partial charge on any atom is 0.326 e. The smallest absolute Gasteiger partial charge is 0.326 e. The number of aryl methyl sites for hydroxylation is 1. The molecule has 0 radical (unpaired) electrons. The summed E-state index contributed by atoms with van der Waals surface area (Å²) in [6, 6.07) is 0. The lowest BCUT2D eigenvalue weighted by atomic mass is 10.4. The van der Waals surface area contributed by atoms with Gasteiger partial charge in [-0.1, -0.05) is 0 Å². The molecule has 1 aromatic rings. The molecule has 15 heavy (non-hydrogen) atoms. The highest BCUT2D eigenvalue weighted by molar-refractivity contribution is 7.10. The number of anilines is 1. The van der Waals surface area contributed by atoms with Crippen LogP contribution in [0.3, 0.4) is 0 Å². The van der Waals surface area contributed by atoms with Gasteiger partial charge in [0.25, 0.3) is 0 Å². The fourth-order valence-electron chi connectivity index (χ4n) is 0.979. The van der Waals surface area contributed by atoms with Gasteiger partial charge < -0.3 is 10.4 Å². The van der Waals surface area contributed by atoms with Gasteiger partial charge >= 0.3 is 11.7 Å². The molecule has 0 bridgehead atoms. The van der Waals surface area contributed by atoms with Gasteiger partial charge in [-0.15, -0.1) is 0 Å². The van der Waals surface area contributed by atoms with Crippen LogP contribution in [-0.4, -0.2) is 26.9 Å². The Morgan fingerprint density at radius 1 is 1.73 bits per heavy atom. The molecule has 2 N–H and O–H groups in total. The first-order valence-electron chi connectivity index (χ1n) is 4.08. The van der Waals surface area contributed by atoms with E-state index in [9.17, 15) is 14.9 Å². The number of hydrogen-bond donors (Lipinski definition) is 2. The predicted molar refractivity (Wildman–Crippen MR) is 54.2 cm³/mol. The van der Waals surface area contributed by atoms with E-state index in [1.807, 2.05) is 0 Å². The molecule has 0 saturated heterocycles. The average Bonchev–Trinajstić information content (AvgIpc) is 2.46. The number of rotatable bonds is 5. The molecular formula is C7H9N3O4S. The number of carbonyl (C=O) groups is 1. The van der Waals surface area contributed by atoms with Crippen molar-refractivity contribution in [2.45, 2.75) is 13.3 Å². The van der Waals surface area contributed by atoms with Crippen molar-refractivity contribution in [1.29, 1.82) is 0 Å². The summed E-state index contributed by atoms with van der Waals surface area (Å²) in [4.78, 5) is 20.3. The van der Waals surface area contributed by atoms with Gasteiger partial charge in [0.1, 0.15) is 5.69 Å². The lowest BCUT2D eigenvalue weighted by Crippen LogP contribution is -2.07. The van der Waals surface area contributed by atoms with Crippen molar-refractivity contribution in [1.82, 2.24) is 4.37 Å². The number of aromatic nitrogens is 1. The van der Waals surface area contributed by atoms with E-state index in [0.717, 1.165) is 11.5 Å². The lowest BCUT2D eigenvalue weighted by molar-refractivity contribution is -0.384. The van der Waals surface area contributed by atoms with Crippen LogP contribution in [0.25, 0.3) is 0 Å². The molecule has 1 rings (SSSR count). The predicted octanol–water partition coefficient (Wildman–Crippen LogP) is 1.25. The summed E-state index contributed by atoms with van der Waals surface area (Å²) in [7, 11) is 0. The second kappa shape index (κ2) is 4.69. The second-order valence-electron chi connectivity index (χ2n) is 2.77. The summed E-state index contributed by atoms with van der Waals surface area (Å²) in [5.74, 6) is -0.952. The molecular weight excluding hydrogens is 222 g/mol. The van der Waals surface area contributed by atoms with Gasteiger partial charge in [0.05, 0.1) is 11.3 Å². The van der Waals surface area contributed by atoms with Crippen LogP contribution in [0.15, 0.2) is 0 Å². The highest BCUT2D eigenvalue weighted by Gasteiger charge is 2.21. The zero-order valence-corrected chi connectivity index (χ0v) is 8.71. The van der Waals surface area contributed by atoms with Crippen molar-refractivity contribution in [3.8, 4) is 0 Å². The molecule has 1 heterocycles. The minimum atomic E-state index is -0.952. The van der Waals surface area contributed by atoms with Crippen LogP contribution < -0.4 is 5.32 Å². The van der Waals surface area contributed by atoms with E-state index in [4.69, 9.17) is 5.11 Å². The number of hydrogen-bond acceptors (Lipinski definition) is 6. The maximum atomic E-state index is 10.6. The van der Waals surface area contributed by atoms with Gasteiger partial charge in [0.15, 0.2) is 5.00 Å². The molecule has 0 aliphatic carbocycles. The topological polar surface area (TPSA) is 105 Å². The van der Waals surface area contributed by atoms with Crippen molar-refractivity contribution in [3.05, 3.63) is 15.8 Å². The van der Waals surface area contributed by atoms with E-state index < -0.39 is 10.9 Å². The van der Waals surface area contributed by atoms with Gasteiger partial charge in [0.2, 0.25) is 0 Å². The molecule has 7 nitrogen and oxygen atoms in total. The molecule has 0 unspecified atom stereocenters. The molecule has 1 aromatic heterocycles. The lowest BCUT2D eigenvalue weighted by Gasteiger charge is -1.99. The molecule has 0 saturated carbocycles. The normalized spacial score (nSPS) is 9.93. The Kier molecular flexibility index (Phi) is 3.56. The molecule has 82 valence electrons. The third kappa shape index (κ3) is 2.88. The van der Waals surface area contributed by atoms with E-state index in [1.165, 1.54) is 6.92 Å². The first kappa shape index (κ1) is 11.4. The number of nitrogens with zero attached hydrogens (tertiary/aromatic N) is 2. The molecule has 0 fully saturated rings. The molecule has 0 spiro atoms. The third-order valence-corrected chi connectivity index (χ3v) is 2.52.